The van der Waals surface area contributed by atoms with Crippen LogP contribution in [0.25, 0.3) is 0 Å². The molecule has 0 aliphatic carbocycles. The Kier molecular flexibility index (Phi) is 3.71. The number of hydrogen-bond donors (Lipinski definition) is 1. The van der Waals surface area contributed by atoms with Gasteiger partial charge >= 0.3 is 0 Å². The van der Waals surface area contributed by atoms with Crippen molar-refractivity contribution in [3.05, 3.63) is 0 Å². The molecule has 0 amide bonds. The second-order valence-corrected chi connectivity index (χ2v) is 9.41. The van der Waals surface area contributed by atoms with Gasteiger partial charge in [0.05, 0.1) is 17.3 Å². The van der Waals surface area contributed by atoms with Gasteiger partial charge in [-0.1, -0.05) is 0 Å². The molecule has 1 aliphatic rings. The first-order valence-corrected chi connectivity index (χ1v) is 9.05. The molecule has 0 aromatic carbocycles. The SMILES string of the molecule is CC(CS(C)(=O)=O)NC1(C)CCS(=O)(=O)C1. The minimum atomic E-state index is -3.03. The van der Waals surface area contributed by atoms with Gasteiger partial charge in [0, 0.05) is 17.8 Å². The minimum Gasteiger partial charge on any atom is -0.307 e. The summed E-state index contributed by atoms with van der Waals surface area (Å²) in [4.78, 5) is 0. The molecule has 1 heterocycles. The summed E-state index contributed by atoms with van der Waals surface area (Å²) in [5, 5.41) is 3.11. The van der Waals surface area contributed by atoms with Crippen molar-refractivity contribution in [2.24, 2.45) is 0 Å². The predicted molar refractivity (Wildman–Crippen MR) is 64.0 cm³/mol. The molecule has 0 spiro atoms. The highest BCUT2D eigenvalue weighted by atomic mass is 32.2. The monoisotopic (exact) mass is 269 g/mol. The Labute approximate surface area is 97.5 Å². The molecule has 1 fully saturated rings. The van der Waals surface area contributed by atoms with Gasteiger partial charge in [-0.3, -0.25) is 0 Å². The molecule has 16 heavy (non-hydrogen) atoms. The quantitative estimate of drug-likeness (QED) is 0.750. The Morgan fingerprint density at radius 2 is 2.00 bits per heavy atom. The van der Waals surface area contributed by atoms with Crippen molar-refractivity contribution in [3.63, 3.8) is 0 Å². The van der Waals surface area contributed by atoms with E-state index in [2.05, 4.69) is 5.32 Å². The van der Waals surface area contributed by atoms with Crippen LogP contribution < -0.4 is 5.32 Å². The van der Waals surface area contributed by atoms with Gasteiger partial charge in [-0.15, -0.1) is 0 Å². The van der Waals surface area contributed by atoms with E-state index < -0.39 is 25.2 Å². The fourth-order valence-corrected chi connectivity index (χ4v) is 5.31. The Morgan fingerprint density at radius 1 is 1.44 bits per heavy atom. The molecule has 1 rings (SSSR count). The zero-order valence-corrected chi connectivity index (χ0v) is 11.5. The summed E-state index contributed by atoms with van der Waals surface area (Å²) in [6.45, 7) is 3.59. The molecule has 2 unspecified atom stereocenters. The van der Waals surface area contributed by atoms with Crippen LogP contribution in [0.15, 0.2) is 0 Å². The molecule has 0 aromatic rings. The second-order valence-electron chi connectivity index (χ2n) is 5.04. The van der Waals surface area contributed by atoms with Gasteiger partial charge in [0.1, 0.15) is 9.84 Å². The lowest BCUT2D eigenvalue weighted by atomic mass is 10.0. The molecule has 2 atom stereocenters. The number of sulfone groups is 2. The van der Waals surface area contributed by atoms with Gasteiger partial charge in [-0.05, 0) is 20.3 Å². The van der Waals surface area contributed by atoms with Gasteiger partial charge in [-0.2, -0.15) is 0 Å². The van der Waals surface area contributed by atoms with Crippen LogP contribution in [0.2, 0.25) is 0 Å². The van der Waals surface area contributed by atoms with Crippen LogP contribution in [-0.2, 0) is 19.7 Å². The summed E-state index contributed by atoms with van der Waals surface area (Å²) in [7, 11) is -5.99. The standard InChI is InChI=1S/C9H19NO4S2/c1-8(6-15(3,11)12)10-9(2)4-5-16(13,14)7-9/h8,10H,4-7H2,1-3H3. The lowest BCUT2D eigenvalue weighted by molar-refractivity contribution is 0.363. The molecule has 0 radical (unpaired) electrons. The molecular weight excluding hydrogens is 250 g/mol. The zero-order valence-electron chi connectivity index (χ0n) is 9.86. The summed E-state index contributed by atoms with van der Waals surface area (Å²) in [5.41, 5.74) is -0.483. The van der Waals surface area contributed by atoms with Crippen molar-refractivity contribution < 1.29 is 16.8 Å². The second kappa shape index (κ2) is 4.27. The van der Waals surface area contributed by atoms with Crippen LogP contribution >= 0.6 is 0 Å². The largest absolute Gasteiger partial charge is 0.307 e. The first kappa shape index (κ1) is 13.9. The molecule has 0 saturated carbocycles. The third-order valence-electron chi connectivity index (χ3n) is 2.65. The lowest BCUT2D eigenvalue weighted by Gasteiger charge is -2.28. The predicted octanol–water partition coefficient (Wildman–Crippen LogP) is -0.414. The normalized spacial score (nSPS) is 31.4. The van der Waals surface area contributed by atoms with E-state index in [-0.39, 0.29) is 23.3 Å². The van der Waals surface area contributed by atoms with Crippen molar-refractivity contribution in [2.45, 2.75) is 31.8 Å². The Bertz CT molecular complexity index is 454. The molecule has 0 bridgehead atoms. The summed E-state index contributed by atoms with van der Waals surface area (Å²) in [6, 6.07) is -0.228. The molecule has 5 nitrogen and oxygen atoms in total. The Morgan fingerprint density at radius 3 is 2.38 bits per heavy atom. The number of hydrogen-bond acceptors (Lipinski definition) is 5. The van der Waals surface area contributed by atoms with E-state index in [4.69, 9.17) is 0 Å². The topological polar surface area (TPSA) is 80.3 Å². The first-order chi connectivity index (χ1) is 7.02. The molecule has 1 aliphatic heterocycles. The van der Waals surface area contributed by atoms with Gasteiger partial charge in [0.15, 0.2) is 9.84 Å². The number of nitrogens with one attached hydrogen (secondary N) is 1. The fraction of sp³-hybridized carbons (Fsp3) is 1.00. The van der Waals surface area contributed by atoms with Gasteiger partial charge in [0.25, 0.3) is 0 Å². The van der Waals surface area contributed by atoms with Crippen LogP contribution in [0.1, 0.15) is 20.3 Å². The molecule has 1 saturated heterocycles. The summed E-state index contributed by atoms with van der Waals surface area (Å²) in [6.07, 6.45) is 1.72. The number of rotatable bonds is 4. The van der Waals surface area contributed by atoms with Crippen molar-refractivity contribution in [3.8, 4) is 0 Å². The third-order valence-corrected chi connectivity index (χ3v) is 5.66. The van der Waals surface area contributed by atoms with E-state index in [0.29, 0.717) is 6.42 Å². The Balaban J connectivity index is 2.62. The molecule has 7 heteroatoms. The van der Waals surface area contributed by atoms with Crippen LogP contribution in [0.3, 0.4) is 0 Å². The summed E-state index contributed by atoms with van der Waals surface area (Å²) < 4.78 is 44.9. The molecule has 96 valence electrons. The fourth-order valence-electron chi connectivity index (χ4n) is 2.21. The van der Waals surface area contributed by atoms with Gasteiger partial charge in [0.2, 0.25) is 0 Å². The highest BCUT2D eigenvalue weighted by molar-refractivity contribution is 7.91. The highest BCUT2D eigenvalue weighted by Crippen LogP contribution is 2.23. The average molecular weight is 269 g/mol. The van der Waals surface area contributed by atoms with E-state index in [1.807, 2.05) is 6.92 Å². The van der Waals surface area contributed by atoms with E-state index in [0.717, 1.165) is 0 Å². The summed E-state index contributed by atoms with van der Waals surface area (Å²) in [5.74, 6) is 0.304. The van der Waals surface area contributed by atoms with Gasteiger partial charge in [-0.25, -0.2) is 16.8 Å². The highest BCUT2D eigenvalue weighted by Gasteiger charge is 2.39. The first-order valence-electron chi connectivity index (χ1n) is 5.17. The maximum absolute atomic E-state index is 11.4. The van der Waals surface area contributed by atoms with Crippen molar-refractivity contribution in [2.75, 3.05) is 23.5 Å². The average Bonchev–Trinajstić information content (AvgIpc) is 2.19. The maximum Gasteiger partial charge on any atom is 0.152 e. The minimum absolute atomic E-state index is 0.0304. The summed E-state index contributed by atoms with van der Waals surface area (Å²) >= 11 is 0. The van der Waals surface area contributed by atoms with Crippen molar-refractivity contribution in [1.29, 1.82) is 0 Å². The van der Waals surface area contributed by atoms with E-state index in [9.17, 15) is 16.8 Å². The third kappa shape index (κ3) is 4.39. The maximum atomic E-state index is 11.4. The van der Waals surface area contributed by atoms with Crippen LogP contribution in [0.5, 0.6) is 0 Å². The van der Waals surface area contributed by atoms with Crippen LogP contribution in [0.4, 0.5) is 0 Å². The zero-order chi connectivity index (χ0) is 12.6. The lowest BCUT2D eigenvalue weighted by Crippen LogP contribution is -2.50. The van der Waals surface area contributed by atoms with E-state index >= 15 is 0 Å². The van der Waals surface area contributed by atoms with Crippen LogP contribution in [0, 0.1) is 0 Å². The Hall–Kier alpha value is -0.140. The van der Waals surface area contributed by atoms with E-state index in [1.54, 1.807) is 6.92 Å². The molecule has 1 N–H and O–H groups in total. The smallest absolute Gasteiger partial charge is 0.152 e. The van der Waals surface area contributed by atoms with E-state index in [1.165, 1.54) is 6.26 Å². The van der Waals surface area contributed by atoms with Crippen LogP contribution in [-0.4, -0.2) is 51.9 Å². The van der Waals surface area contributed by atoms with Crippen molar-refractivity contribution in [1.82, 2.24) is 5.32 Å². The molecule has 0 aromatic heterocycles. The van der Waals surface area contributed by atoms with Gasteiger partial charge < -0.3 is 5.32 Å². The molecular formula is C9H19NO4S2. The van der Waals surface area contributed by atoms with Crippen molar-refractivity contribution >= 4 is 19.7 Å².